The van der Waals surface area contributed by atoms with Crippen molar-refractivity contribution in [1.29, 1.82) is 0 Å². The lowest BCUT2D eigenvalue weighted by molar-refractivity contribution is 0.526. The summed E-state index contributed by atoms with van der Waals surface area (Å²) in [6.45, 7) is 0.791. The largest absolute Gasteiger partial charge is 0.330 e. The molecule has 1 aliphatic rings. The Morgan fingerprint density at radius 1 is 1.20 bits per heavy atom. The third-order valence-electron chi connectivity index (χ3n) is 2.96. The summed E-state index contributed by atoms with van der Waals surface area (Å²) in [5.74, 6) is 0. The van der Waals surface area contributed by atoms with Crippen LogP contribution in [0.5, 0.6) is 0 Å². The van der Waals surface area contributed by atoms with Crippen molar-refractivity contribution < 1.29 is 0 Å². The van der Waals surface area contributed by atoms with Crippen LogP contribution in [-0.2, 0) is 0 Å². The lowest BCUT2D eigenvalue weighted by Gasteiger charge is -2.13. The molecule has 3 N–H and O–H groups in total. The Morgan fingerprint density at radius 3 is 2.60 bits per heavy atom. The quantitative estimate of drug-likeness (QED) is 0.830. The van der Waals surface area contributed by atoms with Crippen LogP contribution >= 0.6 is 12.4 Å². The van der Waals surface area contributed by atoms with Crippen molar-refractivity contribution in [3.8, 4) is 0 Å². The molecule has 1 aromatic carbocycles. The van der Waals surface area contributed by atoms with Crippen molar-refractivity contribution in [3.05, 3.63) is 35.9 Å². The summed E-state index contributed by atoms with van der Waals surface area (Å²) in [6, 6.07) is 11.8. The predicted molar refractivity (Wildman–Crippen MR) is 66.3 cm³/mol. The zero-order chi connectivity index (χ0) is 9.80. The minimum atomic E-state index is 0. The number of benzene rings is 1. The van der Waals surface area contributed by atoms with E-state index in [1.807, 2.05) is 0 Å². The maximum Gasteiger partial charge on any atom is 0.0323 e. The van der Waals surface area contributed by atoms with E-state index in [-0.39, 0.29) is 12.4 Å². The topological polar surface area (TPSA) is 38.0 Å². The van der Waals surface area contributed by atoms with Gasteiger partial charge >= 0.3 is 0 Å². The molecule has 84 valence electrons. The normalized spacial score (nSPS) is 24.9. The summed E-state index contributed by atoms with van der Waals surface area (Å²) < 4.78 is 0. The Labute approximate surface area is 97.7 Å². The van der Waals surface area contributed by atoms with Gasteiger partial charge in [-0.1, -0.05) is 30.3 Å². The number of nitrogens with two attached hydrogens (primary N) is 1. The number of hydrogen-bond acceptors (Lipinski definition) is 2. The molecule has 2 atom stereocenters. The average molecular weight is 227 g/mol. The lowest BCUT2D eigenvalue weighted by atomic mass is 10.1. The molecule has 0 spiro atoms. The SMILES string of the molecule is Cl.NCCC1CCC(c2ccccc2)N1. The number of rotatable bonds is 3. The molecule has 1 aliphatic heterocycles. The van der Waals surface area contributed by atoms with Crippen LogP contribution in [-0.4, -0.2) is 12.6 Å². The Hall–Kier alpha value is -0.570. The Morgan fingerprint density at radius 2 is 1.93 bits per heavy atom. The van der Waals surface area contributed by atoms with Gasteiger partial charge in [0.25, 0.3) is 0 Å². The highest BCUT2D eigenvalue weighted by Gasteiger charge is 2.23. The second kappa shape index (κ2) is 6.11. The van der Waals surface area contributed by atoms with E-state index in [4.69, 9.17) is 5.73 Å². The molecule has 2 rings (SSSR count). The van der Waals surface area contributed by atoms with Crippen LogP contribution in [0.15, 0.2) is 30.3 Å². The second-order valence-electron chi connectivity index (χ2n) is 3.98. The first-order chi connectivity index (χ1) is 6.90. The molecule has 3 heteroatoms. The fourth-order valence-corrected chi connectivity index (χ4v) is 2.20. The highest BCUT2D eigenvalue weighted by molar-refractivity contribution is 5.85. The molecule has 0 saturated carbocycles. The molecule has 0 amide bonds. The first-order valence-corrected chi connectivity index (χ1v) is 5.41. The van der Waals surface area contributed by atoms with E-state index >= 15 is 0 Å². The molecule has 1 heterocycles. The second-order valence-corrected chi connectivity index (χ2v) is 3.98. The van der Waals surface area contributed by atoms with Crippen LogP contribution in [0.3, 0.4) is 0 Å². The monoisotopic (exact) mass is 226 g/mol. The third-order valence-corrected chi connectivity index (χ3v) is 2.96. The van der Waals surface area contributed by atoms with Gasteiger partial charge in [0, 0.05) is 12.1 Å². The Bertz CT molecular complexity index is 276. The van der Waals surface area contributed by atoms with Gasteiger partial charge in [0.05, 0.1) is 0 Å². The molecule has 1 fully saturated rings. The van der Waals surface area contributed by atoms with Crippen LogP contribution in [0, 0.1) is 0 Å². The maximum atomic E-state index is 5.55. The van der Waals surface area contributed by atoms with Crippen molar-refractivity contribution in [2.45, 2.75) is 31.3 Å². The highest BCUT2D eigenvalue weighted by atomic mass is 35.5. The smallest absolute Gasteiger partial charge is 0.0323 e. The predicted octanol–water partition coefficient (Wildman–Crippen LogP) is 2.25. The average Bonchev–Trinajstić information content (AvgIpc) is 2.68. The van der Waals surface area contributed by atoms with Crippen LogP contribution in [0.4, 0.5) is 0 Å². The minimum Gasteiger partial charge on any atom is -0.330 e. The molecule has 0 radical (unpaired) electrons. The number of nitrogens with one attached hydrogen (secondary N) is 1. The molecule has 0 bridgehead atoms. The molecule has 0 aliphatic carbocycles. The lowest BCUT2D eigenvalue weighted by Crippen LogP contribution is -2.26. The van der Waals surface area contributed by atoms with E-state index in [2.05, 4.69) is 35.6 Å². The van der Waals surface area contributed by atoms with Gasteiger partial charge in [0.15, 0.2) is 0 Å². The van der Waals surface area contributed by atoms with Gasteiger partial charge in [-0.15, -0.1) is 12.4 Å². The Balaban J connectivity index is 0.00000112. The molecule has 15 heavy (non-hydrogen) atoms. The van der Waals surface area contributed by atoms with Gasteiger partial charge in [0.2, 0.25) is 0 Å². The van der Waals surface area contributed by atoms with Gasteiger partial charge < -0.3 is 11.1 Å². The molecule has 2 nitrogen and oxygen atoms in total. The van der Waals surface area contributed by atoms with Crippen molar-refractivity contribution in [1.82, 2.24) is 5.32 Å². The van der Waals surface area contributed by atoms with Crippen LogP contribution in [0.25, 0.3) is 0 Å². The first-order valence-electron chi connectivity index (χ1n) is 5.41. The van der Waals surface area contributed by atoms with E-state index in [1.165, 1.54) is 18.4 Å². The zero-order valence-electron chi connectivity index (χ0n) is 8.86. The fourth-order valence-electron chi connectivity index (χ4n) is 2.20. The maximum absolute atomic E-state index is 5.55. The molecule has 1 saturated heterocycles. The van der Waals surface area contributed by atoms with Crippen molar-refractivity contribution >= 4 is 12.4 Å². The van der Waals surface area contributed by atoms with Gasteiger partial charge in [-0.25, -0.2) is 0 Å². The fraction of sp³-hybridized carbons (Fsp3) is 0.500. The van der Waals surface area contributed by atoms with Gasteiger partial charge in [-0.05, 0) is 31.4 Å². The van der Waals surface area contributed by atoms with Crippen molar-refractivity contribution in [2.24, 2.45) is 5.73 Å². The van der Waals surface area contributed by atoms with Crippen molar-refractivity contribution in [2.75, 3.05) is 6.54 Å². The van der Waals surface area contributed by atoms with Crippen LogP contribution in [0.2, 0.25) is 0 Å². The van der Waals surface area contributed by atoms with Gasteiger partial charge in [0.1, 0.15) is 0 Å². The summed E-state index contributed by atoms with van der Waals surface area (Å²) in [5, 5.41) is 3.63. The van der Waals surface area contributed by atoms with Gasteiger partial charge in [-0.2, -0.15) is 0 Å². The minimum absolute atomic E-state index is 0. The number of halogens is 1. The number of hydrogen-bond donors (Lipinski definition) is 2. The molecule has 0 aromatic heterocycles. The molecular weight excluding hydrogens is 208 g/mol. The van der Waals surface area contributed by atoms with E-state index < -0.39 is 0 Å². The standard InChI is InChI=1S/C12H18N2.ClH/c13-9-8-11-6-7-12(14-11)10-4-2-1-3-5-10;/h1-5,11-12,14H,6-9,13H2;1H. The summed E-state index contributed by atoms with van der Waals surface area (Å²) in [6.07, 6.45) is 3.61. The highest BCUT2D eigenvalue weighted by Crippen LogP contribution is 2.26. The van der Waals surface area contributed by atoms with Crippen molar-refractivity contribution in [3.63, 3.8) is 0 Å². The third kappa shape index (κ3) is 3.20. The van der Waals surface area contributed by atoms with E-state index in [0.717, 1.165) is 13.0 Å². The van der Waals surface area contributed by atoms with E-state index in [1.54, 1.807) is 0 Å². The summed E-state index contributed by atoms with van der Waals surface area (Å²) in [4.78, 5) is 0. The molecule has 1 aromatic rings. The summed E-state index contributed by atoms with van der Waals surface area (Å²) in [7, 11) is 0. The van der Waals surface area contributed by atoms with Crippen LogP contribution < -0.4 is 11.1 Å². The molecule has 2 unspecified atom stereocenters. The Kier molecular flexibility index (Phi) is 5.09. The van der Waals surface area contributed by atoms with Gasteiger partial charge in [-0.3, -0.25) is 0 Å². The van der Waals surface area contributed by atoms with Crippen LogP contribution in [0.1, 0.15) is 30.9 Å². The summed E-state index contributed by atoms with van der Waals surface area (Å²) in [5.41, 5.74) is 6.96. The zero-order valence-corrected chi connectivity index (χ0v) is 9.67. The molecular formula is C12H19ClN2. The first kappa shape index (κ1) is 12.5. The van der Waals surface area contributed by atoms with E-state index in [0.29, 0.717) is 12.1 Å². The summed E-state index contributed by atoms with van der Waals surface area (Å²) >= 11 is 0. The van der Waals surface area contributed by atoms with E-state index in [9.17, 15) is 0 Å².